The van der Waals surface area contributed by atoms with E-state index in [1.54, 1.807) is 20.8 Å². The van der Waals surface area contributed by atoms with Gasteiger partial charge in [-0.15, -0.1) is 4.99 Å². The molecule has 1 aromatic rings. The molecule has 0 aliphatic carbocycles. The number of rotatable bonds is 1. The summed E-state index contributed by atoms with van der Waals surface area (Å²) in [6, 6.07) is 0.900. The highest BCUT2D eigenvalue weighted by Gasteiger charge is 2.44. The van der Waals surface area contributed by atoms with Crippen molar-refractivity contribution in [2.24, 2.45) is 4.99 Å². The van der Waals surface area contributed by atoms with Gasteiger partial charge < -0.3 is 10.1 Å². The lowest BCUT2D eigenvalue weighted by atomic mass is 9.93. The number of hydrogen-bond donors (Lipinski definition) is 1. The van der Waals surface area contributed by atoms with Gasteiger partial charge in [-0.2, -0.15) is 0 Å². The van der Waals surface area contributed by atoms with Crippen molar-refractivity contribution in [3.05, 3.63) is 35.1 Å². The molecule has 1 aromatic carbocycles. The smallest absolute Gasteiger partial charge is 0.437 e. The Kier molecular flexibility index (Phi) is 5.21. The Morgan fingerprint density at radius 3 is 2.33 bits per heavy atom. The Morgan fingerprint density at radius 2 is 1.78 bits per heavy atom. The normalized spacial score (nSPS) is 23.9. The largest absolute Gasteiger partial charge is 0.442 e. The number of benzene rings is 1. The first kappa shape index (κ1) is 21.0. The van der Waals surface area contributed by atoms with E-state index in [-0.39, 0.29) is 0 Å². The van der Waals surface area contributed by atoms with Gasteiger partial charge in [0.1, 0.15) is 11.4 Å². The van der Waals surface area contributed by atoms with E-state index in [0.717, 1.165) is 7.05 Å². The van der Waals surface area contributed by atoms with Crippen LogP contribution in [0.5, 0.6) is 0 Å². The molecule has 1 amide bonds. The molecule has 27 heavy (non-hydrogen) atoms. The maximum absolute atomic E-state index is 14.2. The lowest BCUT2D eigenvalue weighted by molar-refractivity contribution is 0.0602. The van der Waals surface area contributed by atoms with Gasteiger partial charge in [0.2, 0.25) is 16.0 Å². The van der Waals surface area contributed by atoms with Crippen molar-refractivity contribution in [1.29, 1.82) is 0 Å². The number of guanidine groups is 1. The molecule has 0 radical (unpaired) electrons. The second-order valence-corrected chi connectivity index (χ2v) is 9.34. The third-order valence-corrected chi connectivity index (χ3v) is 5.72. The van der Waals surface area contributed by atoms with Crippen LogP contribution in [0.1, 0.15) is 33.3 Å². The molecule has 1 aliphatic heterocycles. The van der Waals surface area contributed by atoms with E-state index in [1.807, 2.05) is 0 Å². The minimum Gasteiger partial charge on any atom is -0.442 e. The van der Waals surface area contributed by atoms with Gasteiger partial charge in [0.15, 0.2) is 11.6 Å². The predicted octanol–water partition coefficient (Wildman–Crippen LogP) is 2.48. The Labute approximate surface area is 155 Å². The zero-order chi connectivity index (χ0) is 20.8. The zero-order valence-electron chi connectivity index (χ0n) is 15.4. The topological polar surface area (TPSA) is 88.1 Å². The average Bonchev–Trinajstić information content (AvgIpc) is 2.45. The van der Waals surface area contributed by atoms with Crippen molar-refractivity contribution in [3.8, 4) is 0 Å². The molecule has 1 fully saturated rings. The van der Waals surface area contributed by atoms with Gasteiger partial charge in [0.05, 0.1) is 11.3 Å². The highest BCUT2D eigenvalue weighted by molar-refractivity contribution is 7.89. The highest BCUT2D eigenvalue weighted by Crippen LogP contribution is 2.31. The van der Waals surface area contributed by atoms with Crippen LogP contribution in [0.2, 0.25) is 0 Å². The third kappa shape index (κ3) is 4.52. The van der Waals surface area contributed by atoms with Crippen molar-refractivity contribution in [2.45, 2.75) is 38.8 Å². The zero-order valence-corrected chi connectivity index (χ0v) is 16.2. The number of ether oxygens (including phenoxy) is 1. The number of sulfonamides is 1. The van der Waals surface area contributed by atoms with Crippen LogP contribution in [-0.4, -0.2) is 43.2 Å². The lowest BCUT2D eigenvalue weighted by Gasteiger charge is -2.40. The number of aliphatic imine (C=N–C) groups is 1. The first-order chi connectivity index (χ1) is 12.1. The van der Waals surface area contributed by atoms with Crippen molar-refractivity contribution in [2.75, 3.05) is 12.8 Å². The SMILES string of the molecule is CN1/C(=N\C(=O)OC(C)(C)C)N[C@](C)(c2cc(F)c(F)cc2F)CS1(=O)=O. The molecule has 1 N–H and O–H groups in total. The molecule has 150 valence electrons. The van der Waals surface area contributed by atoms with E-state index in [4.69, 9.17) is 4.74 Å². The molecule has 1 heterocycles. The minimum atomic E-state index is -4.05. The van der Waals surface area contributed by atoms with E-state index < -0.39 is 62.0 Å². The molecule has 0 aromatic heterocycles. The summed E-state index contributed by atoms with van der Waals surface area (Å²) in [7, 11) is -2.90. The molecule has 2 rings (SSSR count). The van der Waals surface area contributed by atoms with Crippen molar-refractivity contribution < 1.29 is 31.1 Å². The van der Waals surface area contributed by atoms with Crippen LogP contribution in [0.4, 0.5) is 18.0 Å². The number of halogens is 3. The van der Waals surface area contributed by atoms with Crippen LogP contribution in [0.3, 0.4) is 0 Å². The molecule has 7 nitrogen and oxygen atoms in total. The van der Waals surface area contributed by atoms with E-state index in [2.05, 4.69) is 10.3 Å². The fraction of sp³-hybridized carbons (Fsp3) is 0.500. The van der Waals surface area contributed by atoms with Gasteiger partial charge in [-0.3, -0.25) is 0 Å². The maximum Gasteiger partial charge on any atom is 0.437 e. The van der Waals surface area contributed by atoms with Gasteiger partial charge in [0, 0.05) is 18.7 Å². The number of carbonyl (C=O) groups excluding carboxylic acids is 1. The van der Waals surface area contributed by atoms with Gasteiger partial charge in [-0.25, -0.2) is 30.7 Å². The molecule has 1 saturated heterocycles. The molecular weight excluding hydrogens is 387 g/mol. The fourth-order valence-corrected chi connectivity index (χ4v) is 4.02. The predicted molar refractivity (Wildman–Crippen MR) is 92.0 cm³/mol. The van der Waals surface area contributed by atoms with Gasteiger partial charge in [-0.05, 0) is 33.8 Å². The lowest BCUT2D eigenvalue weighted by Crippen LogP contribution is -2.61. The van der Waals surface area contributed by atoms with E-state index in [1.165, 1.54) is 6.92 Å². The van der Waals surface area contributed by atoms with Crippen LogP contribution < -0.4 is 5.32 Å². The highest BCUT2D eigenvalue weighted by atomic mass is 32.2. The van der Waals surface area contributed by atoms with Crippen LogP contribution in [0.25, 0.3) is 0 Å². The maximum atomic E-state index is 14.2. The second kappa shape index (κ2) is 6.70. The Morgan fingerprint density at radius 1 is 1.22 bits per heavy atom. The Bertz CT molecular complexity index is 912. The summed E-state index contributed by atoms with van der Waals surface area (Å²) in [6.07, 6.45) is -1.07. The fourth-order valence-electron chi connectivity index (χ4n) is 2.52. The Balaban J connectivity index is 2.51. The van der Waals surface area contributed by atoms with Gasteiger partial charge in [0.25, 0.3) is 0 Å². The molecular formula is C16H20F3N3O4S. The van der Waals surface area contributed by atoms with Gasteiger partial charge >= 0.3 is 6.09 Å². The summed E-state index contributed by atoms with van der Waals surface area (Å²) in [6.45, 7) is 6.07. The van der Waals surface area contributed by atoms with Crippen molar-refractivity contribution >= 4 is 22.1 Å². The summed E-state index contributed by atoms with van der Waals surface area (Å²) < 4.78 is 71.7. The second-order valence-electron chi connectivity index (χ2n) is 7.34. The minimum absolute atomic E-state index is 0.327. The molecule has 0 unspecified atom stereocenters. The molecule has 11 heteroatoms. The van der Waals surface area contributed by atoms with Crippen molar-refractivity contribution in [3.63, 3.8) is 0 Å². The van der Waals surface area contributed by atoms with Crippen LogP contribution in [0.15, 0.2) is 17.1 Å². The molecule has 1 atom stereocenters. The number of nitrogens with zero attached hydrogens (tertiary/aromatic N) is 2. The van der Waals surface area contributed by atoms with E-state index >= 15 is 0 Å². The number of hydrogen-bond acceptors (Lipinski definition) is 4. The molecule has 1 aliphatic rings. The van der Waals surface area contributed by atoms with Crippen molar-refractivity contribution in [1.82, 2.24) is 9.62 Å². The average molecular weight is 407 g/mol. The first-order valence-electron chi connectivity index (χ1n) is 7.86. The number of amides is 1. The van der Waals surface area contributed by atoms with E-state index in [9.17, 15) is 26.4 Å². The summed E-state index contributed by atoms with van der Waals surface area (Å²) in [5.41, 5.74) is -3.00. The summed E-state index contributed by atoms with van der Waals surface area (Å²) in [5, 5.41) is 2.62. The molecule has 0 bridgehead atoms. The van der Waals surface area contributed by atoms with E-state index in [0.29, 0.717) is 16.4 Å². The van der Waals surface area contributed by atoms with Gasteiger partial charge in [-0.1, -0.05) is 0 Å². The van der Waals surface area contributed by atoms with Crippen LogP contribution >= 0.6 is 0 Å². The first-order valence-corrected chi connectivity index (χ1v) is 9.47. The summed E-state index contributed by atoms with van der Waals surface area (Å²) in [4.78, 5) is 15.5. The third-order valence-electron chi connectivity index (χ3n) is 3.77. The summed E-state index contributed by atoms with van der Waals surface area (Å²) in [5.74, 6) is -4.98. The summed E-state index contributed by atoms with van der Waals surface area (Å²) >= 11 is 0. The standard InChI is InChI=1S/C16H20F3N3O4S/c1-15(2,3)26-14(23)20-13-21-16(4,8-27(24,25)22(13)5)9-6-11(18)12(19)7-10(9)17/h6-7H,8H2,1-5H3,(H,20,21,23)/t16-/m0/s1. The molecule has 0 spiro atoms. The number of nitrogens with one attached hydrogen (secondary N) is 1. The molecule has 0 saturated carbocycles. The monoisotopic (exact) mass is 407 g/mol. The van der Waals surface area contributed by atoms with Crippen LogP contribution in [-0.2, 0) is 20.3 Å². The quantitative estimate of drug-likeness (QED) is 0.723. The Hall–Kier alpha value is -2.30. The van der Waals surface area contributed by atoms with Crippen LogP contribution in [0, 0.1) is 17.5 Å². The number of carbonyl (C=O) groups is 1.